The second-order valence-corrected chi connectivity index (χ2v) is 12.4. The average molecular weight is 646 g/mol. The Morgan fingerprint density at radius 1 is 0.388 bits per heavy atom. The molecule has 7 rings (SSSR count). The minimum Gasteiger partial charge on any atom is -0.388 e. The lowest BCUT2D eigenvalue weighted by Crippen LogP contribution is -2.11. The molecule has 0 radical (unpaired) electrons. The third-order valence-corrected chi connectivity index (χ3v) is 9.36. The van der Waals surface area contributed by atoms with E-state index in [9.17, 15) is 0 Å². The van der Waals surface area contributed by atoms with Crippen molar-refractivity contribution in [3.05, 3.63) is 133 Å². The van der Waals surface area contributed by atoms with E-state index < -0.39 is 0 Å². The van der Waals surface area contributed by atoms with Gasteiger partial charge in [0, 0.05) is 121 Å². The molecule has 3 N–H and O–H groups in total. The van der Waals surface area contributed by atoms with Gasteiger partial charge in [0.15, 0.2) is 0 Å². The summed E-state index contributed by atoms with van der Waals surface area (Å²) in [6.07, 6.45) is 0. The predicted octanol–water partition coefficient (Wildman–Crippen LogP) is 10.5. The fourth-order valence-electron chi connectivity index (χ4n) is 6.60. The minimum atomic E-state index is 1.08. The van der Waals surface area contributed by atoms with Crippen molar-refractivity contribution < 1.29 is 0 Å². The van der Waals surface area contributed by atoms with Crippen LogP contribution in [-0.2, 0) is 7.05 Å². The summed E-state index contributed by atoms with van der Waals surface area (Å²) in [7, 11) is 12.1. The van der Waals surface area contributed by atoms with Gasteiger partial charge in [0.2, 0.25) is 0 Å². The van der Waals surface area contributed by atoms with Crippen LogP contribution in [0.1, 0.15) is 0 Å². The fraction of sp³-hybridized carbons (Fsp3) is 0.143. The Balaban J connectivity index is 1.39. The maximum absolute atomic E-state index is 3.25. The Hall–Kier alpha value is -6.08. The van der Waals surface area contributed by atoms with Gasteiger partial charge in [-0.1, -0.05) is 0 Å². The molecule has 6 aromatic carbocycles. The lowest BCUT2D eigenvalue weighted by atomic mass is 10.1. The summed E-state index contributed by atoms with van der Waals surface area (Å²) in [4.78, 5) is 6.78. The molecule has 1 aromatic heterocycles. The zero-order valence-corrected chi connectivity index (χ0v) is 29.0. The van der Waals surface area contributed by atoms with E-state index in [0.717, 1.165) is 56.9 Å². The molecule has 49 heavy (non-hydrogen) atoms. The Bertz CT molecular complexity index is 2150. The number of aromatic nitrogens is 1. The summed E-state index contributed by atoms with van der Waals surface area (Å²) in [5.41, 5.74) is 13.3. The maximum atomic E-state index is 3.25. The van der Waals surface area contributed by atoms with Crippen molar-refractivity contribution in [2.45, 2.75) is 0 Å². The number of aryl methyl sites for hydroxylation is 1. The highest BCUT2D eigenvalue weighted by Crippen LogP contribution is 2.42. The molecule has 0 aliphatic rings. The maximum Gasteiger partial charge on any atom is 0.0490 e. The van der Waals surface area contributed by atoms with Gasteiger partial charge in [-0.25, -0.2) is 0 Å². The topological polar surface area (TPSA) is 50.7 Å². The summed E-state index contributed by atoms with van der Waals surface area (Å²) in [5.74, 6) is 0. The van der Waals surface area contributed by atoms with Crippen molar-refractivity contribution >= 4 is 78.7 Å². The standard InChI is InChI=1S/C42H43N7/c1-43-29-7-13-33(14-8-29)48(34-15-9-30(44-2)10-16-34)37-23-25-41-39(27-37)40-28-38(24-26-42(40)47(41)6)49(35-17-11-31(45-3)12-18-35)36-21-19-32(20-22-36)46(4)5/h7-28,43-45H,1-6H3. The van der Waals surface area contributed by atoms with E-state index in [1.54, 1.807) is 0 Å². The number of nitrogens with zero attached hydrogens (tertiary/aromatic N) is 4. The van der Waals surface area contributed by atoms with Crippen molar-refractivity contribution in [3.8, 4) is 0 Å². The molecule has 0 atom stereocenters. The van der Waals surface area contributed by atoms with Gasteiger partial charge in [-0.05, 0) is 133 Å². The molecule has 0 saturated carbocycles. The first kappa shape index (κ1) is 31.5. The molecule has 0 saturated heterocycles. The second kappa shape index (κ2) is 13.2. The van der Waals surface area contributed by atoms with Gasteiger partial charge in [0.1, 0.15) is 0 Å². The molecule has 246 valence electrons. The number of fused-ring (bicyclic) bond motifs is 3. The van der Waals surface area contributed by atoms with Crippen LogP contribution in [0.4, 0.5) is 56.9 Å². The lowest BCUT2D eigenvalue weighted by molar-refractivity contribution is 1.01. The Morgan fingerprint density at radius 2 is 0.673 bits per heavy atom. The van der Waals surface area contributed by atoms with Crippen LogP contribution in [0, 0.1) is 0 Å². The van der Waals surface area contributed by atoms with Crippen molar-refractivity contribution in [2.24, 2.45) is 7.05 Å². The number of anilines is 10. The molecule has 7 aromatic rings. The van der Waals surface area contributed by atoms with Gasteiger partial charge in [0.25, 0.3) is 0 Å². The molecule has 0 spiro atoms. The van der Waals surface area contributed by atoms with E-state index >= 15 is 0 Å². The van der Waals surface area contributed by atoms with Crippen LogP contribution in [0.25, 0.3) is 21.8 Å². The highest BCUT2D eigenvalue weighted by Gasteiger charge is 2.19. The normalized spacial score (nSPS) is 11.1. The van der Waals surface area contributed by atoms with Gasteiger partial charge >= 0.3 is 0 Å². The third-order valence-electron chi connectivity index (χ3n) is 9.36. The average Bonchev–Trinajstić information content (AvgIpc) is 3.43. The predicted molar refractivity (Wildman–Crippen MR) is 213 cm³/mol. The lowest BCUT2D eigenvalue weighted by Gasteiger charge is -2.27. The molecule has 0 amide bonds. The molecular weight excluding hydrogens is 603 g/mol. The van der Waals surface area contributed by atoms with Crippen LogP contribution in [0.5, 0.6) is 0 Å². The van der Waals surface area contributed by atoms with Crippen LogP contribution in [0.2, 0.25) is 0 Å². The smallest absolute Gasteiger partial charge is 0.0490 e. The Kier molecular flexibility index (Phi) is 8.49. The van der Waals surface area contributed by atoms with Gasteiger partial charge in [0.05, 0.1) is 0 Å². The third kappa shape index (κ3) is 5.95. The molecule has 0 bridgehead atoms. The first-order valence-corrected chi connectivity index (χ1v) is 16.6. The highest BCUT2D eigenvalue weighted by atomic mass is 15.2. The SMILES string of the molecule is CNc1ccc(N(c2ccc(NC)cc2)c2ccc3c(c2)c2cc(N(c4ccc(NC)cc4)c4ccc(N(C)C)cc4)ccc2n3C)cc1. The van der Waals surface area contributed by atoms with Crippen molar-refractivity contribution in [1.29, 1.82) is 0 Å². The highest BCUT2D eigenvalue weighted by molar-refractivity contribution is 6.11. The van der Waals surface area contributed by atoms with Crippen LogP contribution in [0.3, 0.4) is 0 Å². The van der Waals surface area contributed by atoms with Crippen molar-refractivity contribution in [2.75, 3.05) is 65.9 Å². The van der Waals surface area contributed by atoms with Crippen LogP contribution >= 0.6 is 0 Å². The Labute approximate surface area is 289 Å². The number of hydrogen-bond donors (Lipinski definition) is 3. The van der Waals surface area contributed by atoms with Crippen LogP contribution in [-0.4, -0.2) is 39.8 Å². The van der Waals surface area contributed by atoms with Gasteiger partial charge in [-0.3, -0.25) is 0 Å². The zero-order chi connectivity index (χ0) is 34.1. The molecular formula is C42H43N7. The van der Waals surface area contributed by atoms with E-state index in [0.29, 0.717) is 0 Å². The fourth-order valence-corrected chi connectivity index (χ4v) is 6.60. The van der Waals surface area contributed by atoms with Crippen molar-refractivity contribution in [3.63, 3.8) is 0 Å². The number of rotatable bonds is 10. The van der Waals surface area contributed by atoms with Crippen molar-refractivity contribution in [1.82, 2.24) is 4.57 Å². The van der Waals surface area contributed by atoms with Crippen LogP contribution < -0.4 is 30.7 Å². The summed E-state index contributed by atoms with van der Waals surface area (Å²) < 4.78 is 2.30. The van der Waals surface area contributed by atoms with E-state index in [1.807, 2.05) is 21.1 Å². The number of benzene rings is 6. The molecule has 7 heteroatoms. The first-order chi connectivity index (χ1) is 23.9. The molecule has 0 fully saturated rings. The monoisotopic (exact) mass is 645 g/mol. The van der Waals surface area contributed by atoms with E-state index in [2.05, 4.69) is 190 Å². The van der Waals surface area contributed by atoms with Gasteiger partial charge < -0.3 is 35.2 Å². The van der Waals surface area contributed by atoms with E-state index in [4.69, 9.17) is 0 Å². The summed E-state index contributed by atoms with van der Waals surface area (Å²) in [6.45, 7) is 0. The zero-order valence-electron chi connectivity index (χ0n) is 29.0. The molecule has 1 heterocycles. The summed E-state index contributed by atoms with van der Waals surface area (Å²) in [6, 6.07) is 48.1. The molecule has 7 nitrogen and oxygen atoms in total. The van der Waals surface area contributed by atoms with Gasteiger partial charge in [-0.2, -0.15) is 0 Å². The van der Waals surface area contributed by atoms with Gasteiger partial charge in [-0.15, -0.1) is 0 Å². The minimum absolute atomic E-state index is 1.08. The number of nitrogens with one attached hydrogen (secondary N) is 3. The molecule has 0 aliphatic carbocycles. The first-order valence-electron chi connectivity index (χ1n) is 16.6. The summed E-state index contributed by atoms with van der Waals surface area (Å²) in [5, 5.41) is 12.2. The van der Waals surface area contributed by atoms with E-state index in [-0.39, 0.29) is 0 Å². The quantitative estimate of drug-likeness (QED) is 0.138. The molecule has 0 unspecified atom stereocenters. The largest absolute Gasteiger partial charge is 0.388 e. The Morgan fingerprint density at radius 3 is 0.980 bits per heavy atom. The van der Waals surface area contributed by atoms with E-state index in [1.165, 1.54) is 21.8 Å². The van der Waals surface area contributed by atoms with Crippen LogP contribution in [0.15, 0.2) is 133 Å². The second-order valence-electron chi connectivity index (χ2n) is 12.4. The summed E-state index contributed by atoms with van der Waals surface area (Å²) >= 11 is 0. The molecule has 0 aliphatic heterocycles. The number of hydrogen-bond acceptors (Lipinski definition) is 6.